The molecule has 96 valence electrons. The Morgan fingerprint density at radius 3 is 2.00 bits per heavy atom. The monoisotopic (exact) mass is 242 g/mol. The van der Waals surface area contributed by atoms with E-state index in [-0.39, 0.29) is 0 Å². The second-order valence-electron chi connectivity index (χ2n) is 5.37. The van der Waals surface area contributed by atoms with Crippen LogP contribution in [0.1, 0.15) is 59.8 Å². The van der Waals surface area contributed by atoms with Gasteiger partial charge < -0.3 is 4.74 Å². The van der Waals surface area contributed by atoms with E-state index in [1.54, 1.807) is 0 Å². The van der Waals surface area contributed by atoms with Crippen molar-refractivity contribution in [1.82, 2.24) is 0 Å². The lowest BCUT2D eigenvalue weighted by Crippen LogP contribution is -2.40. The van der Waals surface area contributed by atoms with Gasteiger partial charge in [-0.05, 0) is 6.42 Å². The summed E-state index contributed by atoms with van der Waals surface area (Å²) >= 11 is 0. The minimum Gasteiger partial charge on any atom is -0.373 e. The van der Waals surface area contributed by atoms with Crippen molar-refractivity contribution >= 4 is 8.07 Å². The van der Waals surface area contributed by atoms with Crippen LogP contribution < -0.4 is 0 Å². The van der Waals surface area contributed by atoms with Gasteiger partial charge in [-0.25, -0.2) is 0 Å². The smallest absolute Gasteiger partial charge is 0.0902 e. The van der Waals surface area contributed by atoms with E-state index in [9.17, 15) is 0 Å². The van der Waals surface area contributed by atoms with Crippen molar-refractivity contribution in [3.05, 3.63) is 0 Å². The first-order chi connectivity index (χ1) is 7.74. The maximum atomic E-state index is 6.00. The molecule has 0 spiro atoms. The highest BCUT2D eigenvalue weighted by Crippen LogP contribution is 2.40. The van der Waals surface area contributed by atoms with E-state index in [0.29, 0.717) is 11.8 Å². The predicted octanol–water partition coefficient (Wildman–Crippen LogP) is 4.77. The van der Waals surface area contributed by atoms with Crippen LogP contribution in [-0.2, 0) is 4.74 Å². The molecule has 0 bridgehead atoms. The summed E-state index contributed by atoms with van der Waals surface area (Å²) < 4.78 is 6.00. The molecule has 1 aliphatic rings. The van der Waals surface area contributed by atoms with Gasteiger partial charge in [0.1, 0.15) is 0 Å². The van der Waals surface area contributed by atoms with Crippen LogP contribution in [0.25, 0.3) is 0 Å². The molecule has 1 saturated heterocycles. The Balaban J connectivity index is 2.25. The fourth-order valence-electron chi connectivity index (χ4n) is 3.03. The van der Waals surface area contributed by atoms with Gasteiger partial charge in [0.2, 0.25) is 0 Å². The summed E-state index contributed by atoms with van der Waals surface area (Å²) in [5.41, 5.74) is 0.717. The summed E-state index contributed by atoms with van der Waals surface area (Å²) in [5.74, 6) is 0. The van der Waals surface area contributed by atoms with E-state index in [1.807, 2.05) is 0 Å². The van der Waals surface area contributed by atoms with Crippen molar-refractivity contribution in [2.24, 2.45) is 0 Å². The summed E-state index contributed by atoms with van der Waals surface area (Å²) in [7, 11) is -1.04. The Bertz CT molecular complexity index is 181. The molecule has 0 aromatic carbocycles. The molecule has 16 heavy (non-hydrogen) atoms. The molecule has 1 aliphatic heterocycles. The van der Waals surface area contributed by atoms with Crippen molar-refractivity contribution < 1.29 is 4.74 Å². The van der Waals surface area contributed by atoms with Crippen LogP contribution in [0.5, 0.6) is 0 Å². The molecule has 0 radical (unpaired) electrons. The Morgan fingerprint density at radius 2 is 1.50 bits per heavy atom. The standard InChI is InChI=1S/C14H30OSi/c1-5-9-10-11-12-13-14(15-13)16(6-2,7-3)8-4/h13-14H,5-12H2,1-4H3/t13-,14-/m1/s1. The van der Waals surface area contributed by atoms with Crippen LogP contribution in [-0.4, -0.2) is 19.9 Å². The van der Waals surface area contributed by atoms with Gasteiger partial charge in [-0.1, -0.05) is 71.5 Å². The second-order valence-corrected chi connectivity index (χ2v) is 10.8. The van der Waals surface area contributed by atoms with E-state index in [0.717, 1.165) is 0 Å². The van der Waals surface area contributed by atoms with E-state index in [4.69, 9.17) is 4.74 Å². The summed E-state index contributed by atoms with van der Waals surface area (Å²) in [4.78, 5) is 0. The molecule has 0 aromatic heterocycles. The van der Waals surface area contributed by atoms with Crippen LogP contribution in [0.2, 0.25) is 18.1 Å². The summed E-state index contributed by atoms with van der Waals surface area (Å²) in [6.45, 7) is 9.43. The van der Waals surface area contributed by atoms with E-state index in [2.05, 4.69) is 27.7 Å². The molecule has 2 atom stereocenters. The summed E-state index contributed by atoms with van der Waals surface area (Å²) in [6, 6.07) is 4.24. The Labute approximate surface area is 103 Å². The largest absolute Gasteiger partial charge is 0.373 e. The highest BCUT2D eigenvalue weighted by Gasteiger charge is 2.52. The number of hydrogen-bond donors (Lipinski definition) is 0. The summed E-state index contributed by atoms with van der Waals surface area (Å²) in [6.07, 6.45) is 7.52. The van der Waals surface area contributed by atoms with Crippen molar-refractivity contribution in [2.45, 2.75) is 89.8 Å². The van der Waals surface area contributed by atoms with Gasteiger partial charge in [0.15, 0.2) is 0 Å². The van der Waals surface area contributed by atoms with Gasteiger partial charge in [-0.2, -0.15) is 0 Å². The highest BCUT2D eigenvalue weighted by molar-refractivity contribution is 6.81. The lowest BCUT2D eigenvalue weighted by molar-refractivity contribution is 0.376. The zero-order valence-electron chi connectivity index (χ0n) is 11.7. The molecule has 0 amide bonds. The lowest BCUT2D eigenvalue weighted by atomic mass is 10.1. The number of rotatable bonds is 9. The van der Waals surface area contributed by atoms with Gasteiger partial charge in [-0.3, -0.25) is 0 Å². The molecule has 1 nitrogen and oxygen atoms in total. The van der Waals surface area contributed by atoms with Gasteiger partial charge in [-0.15, -0.1) is 0 Å². The Kier molecular flexibility index (Phi) is 6.05. The van der Waals surface area contributed by atoms with Crippen LogP contribution in [0.15, 0.2) is 0 Å². The number of unbranched alkanes of at least 4 members (excludes halogenated alkanes) is 3. The minimum absolute atomic E-state index is 0.656. The molecule has 1 fully saturated rings. The van der Waals surface area contributed by atoms with Gasteiger partial charge >= 0.3 is 0 Å². The molecular weight excluding hydrogens is 212 g/mol. The molecule has 0 N–H and O–H groups in total. The summed E-state index contributed by atoms with van der Waals surface area (Å²) in [5, 5.41) is 0. The topological polar surface area (TPSA) is 12.5 Å². The molecular formula is C14H30OSi. The number of ether oxygens (including phenoxy) is 1. The molecule has 0 unspecified atom stereocenters. The molecule has 0 aromatic rings. The van der Waals surface area contributed by atoms with Gasteiger partial charge in [0.05, 0.1) is 19.9 Å². The van der Waals surface area contributed by atoms with Crippen LogP contribution in [0.3, 0.4) is 0 Å². The third kappa shape index (κ3) is 3.33. The second kappa shape index (κ2) is 6.80. The average Bonchev–Trinajstić information content (AvgIpc) is 3.08. The SMILES string of the molecule is CCCCCC[C@H]1O[C@@H]1[Si](CC)(CC)CC. The zero-order valence-corrected chi connectivity index (χ0v) is 12.7. The van der Waals surface area contributed by atoms with Crippen molar-refractivity contribution in [2.75, 3.05) is 0 Å². The molecule has 2 heteroatoms. The Morgan fingerprint density at radius 1 is 0.875 bits per heavy atom. The molecule has 0 aliphatic carbocycles. The minimum atomic E-state index is -1.04. The molecule has 1 rings (SSSR count). The highest BCUT2D eigenvalue weighted by atomic mass is 28.3. The maximum absolute atomic E-state index is 6.00. The average molecular weight is 242 g/mol. The van der Waals surface area contributed by atoms with E-state index < -0.39 is 8.07 Å². The third-order valence-electron chi connectivity index (χ3n) is 4.64. The fraction of sp³-hybridized carbons (Fsp3) is 1.00. The van der Waals surface area contributed by atoms with Gasteiger partial charge in [0, 0.05) is 0 Å². The quantitative estimate of drug-likeness (QED) is 0.322. The molecule has 0 saturated carbocycles. The van der Waals surface area contributed by atoms with Crippen molar-refractivity contribution in [1.29, 1.82) is 0 Å². The third-order valence-corrected chi connectivity index (χ3v) is 10.6. The van der Waals surface area contributed by atoms with Crippen molar-refractivity contribution in [3.8, 4) is 0 Å². The Hall–Kier alpha value is 0.177. The van der Waals surface area contributed by atoms with Crippen molar-refractivity contribution in [3.63, 3.8) is 0 Å². The zero-order chi connectivity index (χ0) is 12.0. The predicted molar refractivity (Wildman–Crippen MR) is 74.6 cm³/mol. The first kappa shape index (κ1) is 14.2. The number of hydrogen-bond acceptors (Lipinski definition) is 1. The number of epoxide rings is 1. The van der Waals surface area contributed by atoms with E-state index in [1.165, 1.54) is 50.2 Å². The normalized spacial score (nSPS) is 24.8. The maximum Gasteiger partial charge on any atom is 0.0902 e. The van der Waals surface area contributed by atoms with Crippen LogP contribution in [0, 0.1) is 0 Å². The van der Waals surface area contributed by atoms with Gasteiger partial charge in [0.25, 0.3) is 0 Å². The van der Waals surface area contributed by atoms with Crippen LogP contribution in [0.4, 0.5) is 0 Å². The van der Waals surface area contributed by atoms with Crippen LogP contribution >= 0.6 is 0 Å². The molecule has 1 heterocycles. The first-order valence-electron chi connectivity index (χ1n) is 7.39. The first-order valence-corrected chi connectivity index (χ1v) is 10.1. The fourth-order valence-corrected chi connectivity index (χ4v) is 7.15. The lowest BCUT2D eigenvalue weighted by Gasteiger charge is -2.25. The van der Waals surface area contributed by atoms with E-state index >= 15 is 0 Å².